The maximum absolute atomic E-state index is 12.7. The Morgan fingerprint density at radius 1 is 1.38 bits per heavy atom. The lowest BCUT2D eigenvalue weighted by molar-refractivity contribution is -0.133. The summed E-state index contributed by atoms with van der Waals surface area (Å²) in [5, 5.41) is 3.48. The number of rotatable bonds is 6. The number of carbonyl (C=O) groups excluding carboxylic acids is 1. The van der Waals surface area contributed by atoms with Gasteiger partial charge in [0.05, 0.1) is 18.7 Å². The Balaban J connectivity index is 2.34. The molecular formula is C17H26N2O2. The molecule has 0 aromatic heterocycles. The third-order valence-corrected chi connectivity index (χ3v) is 4.18. The van der Waals surface area contributed by atoms with Crippen LogP contribution in [0.5, 0.6) is 0 Å². The zero-order chi connectivity index (χ0) is 15.4. The normalized spacial score (nSPS) is 23.6. The SMILES string of the molecule is CCC1NC(c2cccc(C)c2)N(C(CC)COC)C1=O. The molecule has 1 amide bonds. The Bertz CT molecular complexity index is 489. The van der Waals surface area contributed by atoms with E-state index < -0.39 is 0 Å². The van der Waals surface area contributed by atoms with E-state index in [2.05, 4.69) is 37.4 Å². The Morgan fingerprint density at radius 3 is 2.71 bits per heavy atom. The average molecular weight is 290 g/mol. The number of nitrogens with one attached hydrogen (secondary N) is 1. The molecule has 1 fully saturated rings. The molecule has 1 aliphatic heterocycles. The van der Waals surface area contributed by atoms with Crippen molar-refractivity contribution in [2.75, 3.05) is 13.7 Å². The third-order valence-electron chi connectivity index (χ3n) is 4.18. The number of hydrogen-bond donors (Lipinski definition) is 1. The lowest BCUT2D eigenvalue weighted by atomic mass is 10.1. The summed E-state index contributed by atoms with van der Waals surface area (Å²) < 4.78 is 5.31. The monoisotopic (exact) mass is 290 g/mol. The summed E-state index contributed by atoms with van der Waals surface area (Å²) in [6, 6.07) is 8.37. The molecule has 0 spiro atoms. The van der Waals surface area contributed by atoms with E-state index in [1.165, 1.54) is 5.56 Å². The van der Waals surface area contributed by atoms with Crippen LogP contribution in [0.25, 0.3) is 0 Å². The highest BCUT2D eigenvalue weighted by Gasteiger charge is 2.41. The quantitative estimate of drug-likeness (QED) is 0.875. The van der Waals surface area contributed by atoms with Crippen LogP contribution in [-0.2, 0) is 9.53 Å². The molecule has 2 rings (SSSR count). The Morgan fingerprint density at radius 2 is 2.14 bits per heavy atom. The molecule has 1 N–H and O–H groups in total. The highest BCUT2D eigenvalue weighted by atomic mass is 16.5. The predicted octanol–water partition coefficient (Wildman–Crippen LogP) is 2.63. The molecule has 0 bridgehead atoms. The molecule has 21 heavy (non-hydrogen) atoms. The first-order chi connectivity index (χ1) is 10.1. The van der Waals surface area contributed by atoms with E-state index in [4.69, 9.17) is 4.74 Å². The molecule has 4 heteroatoms. The maximum Gasteiger partial charge on any atom is 0.241 e. The van der Waals surface area contributed by atoms with E-state index in [-0.39, 0.29) is 24.2 Å². The second kappa shape index (κ2) is 7.05. The van der Waals surface area contributed by atoms with Gasteiger partial charge in [-0.1, -0.05) is 43.7 Å². The van der Waals surface area contributed by atoms with Crippen molar-refractivity contribution in [3.63, 3.8) is 0 Å². The lowest BCUT2D eigenvalue weighted by Crippen LogP contribution is -2.42. The molecule has 1 aromatic carbocycles. The van der Waals surface area contributed by atoms with E-state index in [0.29, 0.717) is 6.61 Å². The van der Waals surface area contributed by atoms with E-state index >= 15 is 0 Å². The van der Waals surface area contributed by atoms with Gasteiger partial charge in [-0.25, -0.2) is 0 Å². The number of aryl methyl sites for hydroxylation is 1. The van der Waals surface area contributed by atoms with Gasteiger partial charge in [-0.3, -0.25) is 10.1 Å². The standard InChI is InChI=1S/C17H26N2O2/c1-5-14(11-21-4)19-16(18-15(6-2)17(19)20)13-9-7-8-12(3)10-13/h7-10,14-16,18H,5-6,11H2,1-4H3. The van der Waals surface area contributed by atoms with Crippen LogP contribution in [0.15, 0.2) is 24.3 Å². The summed E-state index contributed by atoms with van der Waals surface area (Å²) >= 11 is 0. The number of benzene rings is 1. The van der Waals surface area contributed by atoms with Crippen LogP contribution in [0.2, 0.25) is 0 Å². The number of ether oxygens (including phenoxy) is 1. The maximum atomic E-state index is 12.7. The molecule has 116 valence electrons. The van der Waals surface area contributed by atoms with Crippen molar-refractivity contribution in [3.8, 4) is 0 Å². The third kappa shape index (κ3) is 3.27. The number of nitrogens with zero attached hydrogens (tertiary/aromatic N) is 1. The van der Waals surface area contributed by atoms with Gasteiger partial charge in [0.2, 0.25) is 5.91 Å². The van der Waals surface area contributed by atoms with E-state index in [0.717, 1.165) is 18.4 Å². The highest BCUT2D eigenvalue weighted by molar-refractivity contribution is 5.84. The molecule has 0 aliphatic carbocycles. The summed E-state index contributed by atoms with van der Waals surface area (Å²) in [4.78, 5) is 14.7. The average Bonchev–Trinajstić information content (AvgIpc) is 2.81. The van der Waals surface area contributed by atoms with Crippen LogP contribution in [-0.4, -0.2) is 36.6 Å². The summed E-state index contributed by atoms with van der Waals surface area (Å²) in [6.07, 6.45) is 1.64. The predicted molar refractivity (Wildman–Crippen MR) is 83.9 cm³/mol. The molecule has 3 atom stereocenters. The molecule has 4 nitrogen and oxygen atoms in total. The fraction of sp³-hybridized carbons (Fsp3) is 0.588. The van der Waals surface area contributed by atoms with Crippen molar-refractivity contribution in [1.82, 2.24) is 10.2 Å². The summed E-state index contributed by atoms with van der Waals surface area (Å²) in [5.74, 6) is 0.188. The first-order valence-electron chi connectivity index (χ1n) is 7.76. The van der Waals surface area contributed by atoms with E-state index in [1.807, 2.05) is 17.9 Å². The number of amides is 1. The zero-order valence-corrected chi connectivity index (χ0v) is 13.4. The summed E-state index contributed by atoms with van der Waals surface area (Å²) in [6.45, 7) is 6.80. The van der Waals surface area contributed by atoms with Crippen molar-refractivity contribution in [2.24, 2.45) is 0 Å². The van der Waals surface area contributed by atoms with E-state index in [9.17, 15) is 4.79 Å². The van der Waals surface area contributed by atoms with Crippen LogP contribution in [0, 0.1) is 6.92 Å². The summed E-state index contributed by atoms with van der Waals surface area (Å²) in [5.41, 5.74) is 2.36. The number of hydrogen-bond acceptors (Lipinski definition) is 3. The fourth-order valence-electron chi connectivity index (χ4n) is 3.02. The molecule has 0 saturated carbocycles. The topological polar surface area (TPSA) is 41.6 Å². The molecule has 3 unspecified atom stereocenters. The minimum atomic E-state index is -0.0959. The van der Waals surface area contributed by atoms with Crippen LogP contribution >= 0.6 is 0 Å². The molecule has 1 heterocycles. The van der Waals surface area contributed by atoms with Gasteiger partial charge in [0.25, 0.3) is 0 Å². The smallest absolute Gasteiger partial charge is 0.241 e. The molecule has 1 saturated heterocycles. The van der Waals surface area contributed by atoms with Crippen LogP contribution in [0.3, 0.4) is 0 Å². The van der Waals surface area contributed by atoms with Gasteiger partial charge in [0.1, 0.15) is 6.17 Å². The van der Waals surface area contributed by atoms with Crippen molar-refractivity contribution >= 4 is 5.91 Å². The highest BCUT2D eigenvalue weighted by Crippen LogP contribution is 2.30. The largest absolute Gasteiger partial charge is 0.383 e. The number of methoxy groups -OCH3 is 1. The van der Waals surface area contributed by atoms with Crippen molar-refractivity contribution in [1.29, 1.82) is 0 Å². The van der Waals surface area contributed by atoms with Gasteiger partial charge in [0.15, 0.2) is 0 Å². The Hall–Kier alpha value is -1.39. The lowest BCUT2D eigenvalue weighted by Gasteiger charge is -2.32. The van der Waals surface area contributed by atoms with Gasteiger partial charge in [-0.15, -0.1) is 0 Å². The van der Waals surface area contributed by atoms with Crippen LogP contribution in [0.1, 0.15) is 44.0 Å². The van der Waals surface area contributed by atoms with Crippen LogP contribution < -0.4 is 5.32 Å². The molecule has 1 aromatic rings. The Labute approximate surface area is 127 Å². The Kier molecular flexibility index (Phi) is 5.37. The molecule has 0 radical (unpaired) electrons. The van der Waals surface area contributed by atoms with Crippen molar-refractivity contribution in [3.05, 3.63) is 35.4 Å². The second-order valence-corrected chi connectivity index (χ2v) is 5.71. The van der Waals surface area contributed by atoms with Crippen molar-refractivity contribution < 1.29 is 9.53 Å². The van der Waals surface area contributed by atoms with Gasteiger partial charge in [-0.05, 0) is 25.3 Å². The number of carbonyl (C=O) groups is 1. The van der Waals surface area contributed by atoms with Crippen molar-refractivity contribution in [2.45, 2.75) is 51.9 Å². The van der Waals surface area contributed by atoms with Gasteiger partial charge < -0.3 is 9.64 Å². The second-order valence-electron chi connectivity index (χ2n) is 5.71. The first kappa shape index (κ1) is 16.0. The fourth-order valence-corrected chi connectivity index (χ4v) is 3.02. The first-order valence-corrected chi connectivity index (χ1v) is 7.76. The molecule has 1 aliphatic rings. The summed E-state index contributed by atoms with van der Waals surface area (Å²) in [7, 11) is 1.69. The molecular weight excluding hydrogens is 264 g/mol. The van der Waals surface area contributed by atoms with Gasteiger partial charge >= 0.3 is 0 Å². The minimum absolute atomic E-state index is 0.0533. The van der Waals surface area contributed by atoms with Gasteiger partial charge in [-0.2, -0.15) is 0 Å². The van der Waals surface area contributed by atoms with Crippen LogP contribution in [0.4, 0.5) is 0 Å². The van der Waals surface area contributed by atoms with E-state index in [1.54, 1.807) is 7.11 Å². The zero-order valence-electron chi connectivity index (χ0n) is 13.4. The van der Waals surface area contributed by atoms with Gasteiger partial charge in [0, 0.05) is 7.11 Å². The minimum Gasteiger partial charge on any atom is -0.383 e.